The van der Waals surface area contributed by atoms with Crippen molar-refractivity contribution in [3.8, 4) is 0 Å². The van der Waals surface area contributed by atoms with Gasteiger partial charge in [0, 0.05) is 37.7 Å². The average molecular weight is 281 g/mol. The van der Waals surface area contributed by atoms with Gasteiger partial charge in [-0.2, -0.15) is 0 Å². The van der Waals surface area contributed by atoms with E-state index < -0.39 is 0 Å². The second-order valence-corrected chi connectivity index (χ2v) is 7.39. The Morgan fingerprint density at radius 1 is 1.40 bits per heavy atom. The van der Waals surface area contributed by atoms with Gasteiger partial charge in [-0.1, -0.05) is 20.3 Å². The summed E-state index contributed by atoms with van der Waals surface area (Å²) in [7, 11) is 1.71. The minimum Gasteiger partial charge on any atom is -0.385 e. The molecule has 0 radical (unpaired) electrons. The minimum atomic E-state index is -0.156. The predicted octanol–water partition coefficient (Wildman–Crippen LogP) is 2.12. The third kappa shape index (κ3) is 2.00. The van der Waals surface area contributed by atoms with Gasteiger partial charge in [0.05, 0.1) is 11.5 Å². The first-order chi connectivity index (χ1) is 9.51. The van der Waals surface area contributed by atoms with Crippen molar-refractivity contribution in [1.29, 1.82) is 0 Å². The number of amides is 1. The van der Waals surface area contributed by atoms with Crippen molar-refractivity contribution in [2.24, 2.45) is 16.7 Å². The molecule has 3 atom stereocenters. The summed E-state index contributed by atoms with van der Waals surface area (Å²) >= 11 is 0. The largest absolute Gasteiger partial charge is 0.385 e. The van der Waals surface area contributed by atoms with Crippen molar-refractivity contribution in [2.45, 2.75) is 58.1 Å². The van der Waals surface area contributed by atoms with E-state index in [0.717, 1.165) is 32.3 Å². The summed E-state index contributed by atoms with van der Waals surface area (Å²) in [6, 6.07) is 0.280. The molecule has 0 aromatic rings. The van der Waals surface area contributed by atoms with Crippen LogP contribution in [0.15, 0.2) is 0 Å². The molecular formula is C16H27NO3. The van der Waals surface area contributed by atoms with Crippen molar-refractivity contribution in [2.75, 3.05) is 20.3 Å². The van der Waals surface area contributed by atoms with E-state index in [1.165, 1.54) is 6.42 Å². The monoisotopic (exact) mass is 281 g/mol. The molecular weight excluding hydrogens is 254 g/mol. The summed E-state index contributed by atoms with van der Waals surface area (Å²) in [5, 5.41) is 3.36. The Morgan fingerprint density at radius 2 is 2.15 bits per heavy atom. The Kier molecular flexibility index (Phi) is 3.57. The number of carbonyl (C=O) groups is 1. The number of nitrogens with one attached hydrogen (secondary N) is 1. The van der Waals surface area contributed by atoms with E-state index >= 15 is 0 Å². The third-order valence-corrected chi connectivity index (χ3v) is 5.96. The molecule has 1 amide bonds. The minimum absolute atomic E-state index is 0.0724. The van der Waals surface area contributed by atoms with Gasteiger partial charge >= 0.3 is 0 Å². The van der Waals surface area contributed by atoms with Crippen molar-refractivity contribution in [3.63, 3.8) is 0 Å². The first-order valence-electron chi connectivity index (χ1n) is 7.93. The molecule has 2 saturated carbocycles. The van der Waals surface area contributed by atoms with Crippen LogP contribution in [0.4, 0.5) is 0 Å². The summed E-state index contributed by atoms with van der Waals surface area (Å²) in [6.07, 6.45) is 5.47. The predicted molar refractivity (Wildman–Crippen MR) is 76.3 cm³/mol. The van der Waals surface area contributed by atoms with Crippen molar-refractivity contribution in [3.05, 3.63) is 0 Å². The molecule has 0 aromatic heterocycles. The van der Waals surface area contributed by atoms with Crippen molar-refractivity contribution >= 4 is 5.91 Å². The standard InChI is InChI=1S/C16H27NO3/c1-15(2)12(11-5-9-20-13(11)15)17-14(18)16(6-4-7-16)8-10-19-3/h11-13H,4-10H2,1-3H3,(H,17,18)/t11-,12+,13-/m0/s1. The van der Waals surface area contributed by atoms with Gasteiger partial charge in [0.15, 0.2) is 0 Å². The Bertz CT molecular complexity index is 389. The summed E-state index contributed by atoms with van der Waals surface area (Å²) in [5.41, 5.74) is -0.0837. The van der Waals surface area contributed by atoms with Gasteiger partial charge in [-0.25, -0.2) is 0 Å². The highest BCUT2D eigenvalue weighted by Crippen LogP contribution is 2.53. The van der Waals surface area contributed by atoms with Gasteiger partial charge < -0.3 is 14.8 Å². The maximum Gasteiger partial charge on any atom is 0.226 e. The van der Waals surface area contributed by atoms with Gasteiger partial charge in [0.25, 0.3) is 0 Å². The normalized spacial score (nSPS) is 36.6. The summed E-state index contributed by atoms with van der Waals surface area (Å²) in [5.74, 6) is 0.776. The number of methoxy groups -OCH3 is 1. The molecule has 0 aromatic carbocycles. The molecule has 1 saturated heterocycles. The molecule has 114 valence electrons. The summed E-state index contributed by atoms with van der Waals surface area (Å²) < 4.78 is 11.0. The Balaban J connectivity index is 1.64. The molecule has 1 aliphatic heterocycles. The van der Waals surface area contributed by atoms with Gasteiger partial charge in [-0.3, -0.25) is 4.79 Å². The van der Waals surface area contributed by atoms with Crippen LogP contribution in [-0.4, -0.2) is 38.4 Å². The number of rotatable bonds is 5. The Labute approximate surface area is 121 Å². The van der Waals surface area contributed by atoms with E-state index in [4.69, 9.17) is 9.47 Å². The van der Waals surface area contributed by atoms with Crippen molar-refractivity contribution in [1.82, 2.24) is 5.32 Å². The molecule has 2 aliphatic carbocycles. The zero-order valence-corrected chi connectivity index (χ0v) is 12.9. The van der Waals surface area contributed by atoms with Crippen LogP contribution in [0.3, 0.4) is 0 Å². The molecule has 0 unspecified atom stereocenters. The van der Waals surface area contributed by atoms with E-state index in [1.54, 1.807) is 7.11 Å². The van der Waals surface area contributed by atoms with E-state index in [9.17, 15) is 4.79 Å². The molecule has 4 heteroatoms. The molecule has 1 N–H and O–H groups in total. The fourth-order valence-electron chi connectivity index (χ4n) is 4.40. The molecule has 3 fully saturated rings. The number of carbonyl (C=O) groups excluding carboxylic acids is 1. The van der Waals surface area contributed by atoms with Crippen LogP contribution in [0.2, 0.25) is 0 Å². The van der Waals surface area contributed by atoms with Crippen molar-refractivity contribution < 1.29 is 14.3 Å². The maximum atomic E-state index is 12.7. The number of hydrogen-bond acceptors (Lipinski definition) is 3. The summed E-state index contributed by atoms with van der Waals surface area (Å²) in [6.45, 7) is 5.96. The fourth-order valence-corrected chi connectivity index (χ4v) is 4.40. The third-order valence-electron chi connectivity index (χ3n) is 5.96. The van der Waals surface area contributed by atoms with E-state index in [2.05, 4.69) is 19.2 Å². The lowest BCUT2D eigenvalue weighted by molar-refractivity contribution is -0.151. The quantitative estimate of drug-likeness (QED) is 0.839. The van der Waals surface area contributed by atoms with E-state index in [0.29, 0.717) is 18.6 Å². The topological polar surface area (TPSA) is 47.6 Å². The lowest BCUT2D eigenvalue weighted by Gasteiger charge is -2.55. The van der Waals surface area contributed by atoms with Crippen LogP contribution in [0, 0.1) is 16.7 Å². The highest BCUT2D eigenvalue weighted by atomic mass is 16.5. The Morgan fingerprint density at radius 3 is 2.75 bits per heavy atom. The molecule has 4 nitrogen and oxygen atoms in total. The molecule has 0 spiro atoms. The van der Waals surface area contributed by atoms with Crippen LogP contribution >= 0.6 is 0 Å². The summed E-state index contributed by atoms with van der Waals surface area (Å²) in [4.78, 5) is 12.7. The first kappa shape index (κ1) is 14.3. The van der Waals surface area contributed by atoms with Crippen LogP contribution in [0.5, 0.6) is 0 Å². The molecule has 1 heterocycles. The highest BCUT2D eigenvalue weighted by Gasteiger charge is 2.60. The van der Waals surface area contributed by atoms with Gasteiger partial charge in [0.1, 0.15) is 0 Å². The SMILES string of the molecule is COCCC1(C(=O)N[C@@H]2[C@@H]3CCO[C@@H]3C2(C)C)CCC1. The Hall–Kier alpha value is -0.610. The lowest BCUT2D eigenvalue weighted by atomic mass is 9.56. The fraction of sp³-hybridized carbons (Fsp3) is 0.938. The van der Waals surface area contributed by atoms with Crippen LogP contribution in [0.1, 0.15) is 46.0 Å². The first-order valence-corrected chi connectivity index (χ1v) is 7.93. The highest BCUT2D eigenvalue weighted by molar-refractivity contribution is 5.84. The molecule has 20 heavy (non-hydrogen) atoms. The van der Waals surface area contributed by atoms with Crippen LogP contribution in [-0.2, 0) is 14.3 Å². The number of fused-ring (bicyclic) bond motifs is 1. The van der Waals surface area contributed by atoms with E-state index in [1.807, 2.05) is 0 Å². The molecule has 3 aliphatic rings. The van der Waals surface area contributed by atoms with Crippen LogP contribution < -0.4 is 5.32 Å². The van der Waals surface area contributed by atoms with Crippen LogP contribution in [0.25, 0.3) is 0 Å². The number of ether oxygens (including phenoxy) is 2. The second-order valence-electron chi connectivity index (χ2n) is 7.39. The number of hydrogen-bond donors (Lipinski definition) is 1. The maximum absolute atomic E-state index is 12.7. The van der Waals surface area contributed by atoms with Gasteiger partial charge in [0.2, 0.25) is 5.91 Å². The average Bonchev–Trinajstić information content (AvgIpc) is 2.81. The van der Waals surface area contributed by atoms with E-state index in [-0.39, 0.29) is 22.8 Å². The zero-order chi connectivity index (χ0) is 14.4. The lowest BCUT2D eigenvalue weighted by Crippen LogP contribution is -2.68. The van der Waals surface area contributed by atoms with Gasteiger partial charge in [-0.05, 0) is 25.7 Å². The second kappa shape index (κ2) is 4.99. The smallest absolute Gasteiger partial charge is 0.226 e. The van der Waals surface area contributed by atoms with Gasteiger partial charge in [-0.15, -0.1) is 0 Å². The molecule has 3 rings (SSSR count). The zero-order valence-electron chi connectivity index (χ0n) is 12.9. The molecule has 0 bridgehead atoms.